The van der Waals surface area contributed by atoms with Gasteiger partial charge >= 0.3 is 0 Å². The zero-order chi connectivity index (χ0) is 20.8. The Balaban J connectivity index is 1.69. The van der Waals surface area contributed by atoms with Crippen LogP contribution in [0.15, 0.2) is 65.6 Å². The zero-order valence-corrected chi connectivity index (χ0v) is 17.2. The fourth-order valence-electron chi connectivity index (χ4n) is 3.93. The number of carbonyl (C=O) groups excluding carboxylic acids is 2. The standard InChI is InChI=1S/C23H16ClNO4S/c24-15-3-1-4-16(12-15)25-20(18-5-2-10-30-18)19(22(27)23(25)28)21(26)14-6-7-17-13(11-14)8-9-29-17/h1-7,10-12,20,26H,8-9H2/b21-19-. The summed E-state index contributed by atoms with van der Waals surface area (Å²) in [5.74, 6) is -0.823. The summed E-state index contributed by atoms with van der Waals surface area (Å²) >= 11 is 7.55. The molecule has 30 heavy (non-hydrogen) atoms. The topological polar surface area (TPSA) is 66.8 Å². The van der Waals surface area contributed by atoms with E-state index in [1.807, 2.05) is 23.6 Å². The van der Waals surface area contributed by atoms with Gasteiger partial charge in [0.25, 0.3) is 11.7 Å². The Labute approximate surface area is 181 Å². The highest BCUT2D eigenvalue weighted by Gasteiger charge is 2.47. The Morgan fingerprint density at radius 1 is 1.13 bits per heavy atom. The molecule has 5 rings (SSSR count). The van der Waals surface area contributed by atoms with Crippen molar-refractivity contribution < 1.29 is 19.4 Å². The number of nitrogens with zero attached hydrogens (tertiary/aromatic N) is 1. The number of carbonyl (C=O) groups is 2. The van der Waals surface area contributed by atoms with Crippen molar-refractivity contribution >= 4 is 46.1 Å². The number of Topliss-reactive ketones (excluding diaryl/α,β-unsaturated/α-hetero) is 1. The molecule has 1 fully saturated rings. The third-order valence-corrected chi connectivity index (χ3v) is 6.47. The number of anilines is 1. The average Bonchev–Trinajstić information content (AvgIpc) is 3.47. The summed E-state index contributed by atoms with van der Waals surface area (Å²) in [6.07, 6.45) is 0.738. The predicted molar refractivity (Wildman–Crippen MR) is 116 cm³/mol. The van der Waals surface area contributed by atoms with Gasteiger partial charge in [-0.05, 0) is 53.4 Å². The van der Waals surface area contributed by atoms with Gasteiger partial charge in [0.15, 0.2) is 0 Å². The molecule has 3 heterocycles. The van der Waals surface area contributed by atoms with Gasteiger partial charge in [0.2, 0.25) is 0 Å². The van der Waals surface area contributed by atoms with Crippen molar-refractivity contribution in [1.82, 2.24) is 0 Å². The van der Waals surface area contributed by atoms with Crippen LogP contribution >= 0.6 is 22.9 Å². The minimum Gasteiger partial charge on any atom is -0.507 e. The lowest BCUT2D eigenvalue weighted by molar-refractivity contribution is -0.132. The maximum absolute atomic E-state index is 13.1. The quantitative estimate of drug-likeness (QED) is 0.357. The van der Waals surface area contributed by atoms with E-state index in [-0.39, 0.29) is 11.3 Å². The van der Waals surface area contributed by atoms with Crippen molar-refractivity contribution in [3.05, 3.63) is 86.6 Å². The molecule has 1 amide bonds. The summed E-state index contributed by atoms with van der Waals surface area (Å²) in [5.41, 5.74) is 2.03. The van der Waals surface area contributed by atoms with Gasteiger partial charge < -0.3 is 9.84 Å². The molecule has 0 saturated carbocycles. The Hall–Kier alpha value is -3.09. The lowest BCUT2D eigenvalue weighted by atomic mass is 9.98. The second kappa shape index (κ2) is 7.31. The lowest BCUT2D eigenvalue weighted by Crippen LogP contribution is -2.29. The Kier molecular flexibility index (Phi) is 4.60. The third kappa shape index (κ3) is 3.00. The van der Waals surface area contributed by atoms with Crippen molar-refractivity contribution in [3.63, 3.8) is 0 Å². The number of halogens is 1. The molecule has 1 N–H and O–H groups in total. The van der Waals surface area contributed by atoms with Crippen LogP contribution < -0.4 is 9.64 Å². The molecule has 0 aliphatic carbocycles. The van der Waals surface area contributed by atoms with Gasteiger partial charge in [0, 0.05) is 27.6 Å². The van der Waals surface area contributed by atoms with Gasteiger partial charge in [-0.25, -0.2) is 0 Å². The molecule has 1 saturated heterocycles. The van der Waals surface area contributed by atoms with Gasteiger partial charge in [-0.1, -0.05) is 23.7 Å². The van der Waals surface area contributed by atoms with Crippen molar-refractivity contribution in [2.45, 2.75) is 12.5 Å². The van der Waals surface area contributed by atoms with Crippen LogP contribution in [-0.4, -0.2) is 23.4 Å². The first-order valence-corrected chi connectivity index (χ1v) is 10.7. The van der Waals surface area contributed by atoms with E-state index in [0.717, 1.165) is 22.6 Å². The number of hydrogen-bond acceptors (Lipinski definition) is 5. The van der Waals surface area contributed by atoms with Crippen LogP contribution in [0.3, 0.4) is 0 Å². The van der Waals surface area contributed by atoms with E-state index in [9.17, 15) is 14.7 Å². The number of ether oxygens (including phenoxy) is 1. The highest BCUT2D eigenvalue weighted by atomic mass is 35.5. The number of aliphatic hydroxyl groups excluding tert-OH is 1. The third-order valence-electron chi connectivity index (χ3n) is 5.31. The summed E-state index contributed by atoms with van der Waals surface area (Å²) in [6, 6.07) is 15.1. The van der Waals surface area contributed by atoms with Crippen LogP contribution in [0.5, 0.6) is 5.75 Å². The second-order valence-corrected chi connectivity index (χ2v) is 8.50. The normalized spacial score (nSPS) is 19.8. The fraction of sp³-hybridized carbons (Fsp3) is 0.130. The number of thiophene rings is 1. The molecular formula is C23H16ClNO4S. The first kappa shape index (κ1) is 18.9. The molecule has 0 radical (unpaired) electrons. The summed E-state index contributed by atoms with van der Waals surface area (Å²) in [4.78, 5) is 28.3. The van der Waals surface area contributed by atoms with Crippen molar-refractivity contribution in [2.75, 3.05) is 11.5 Å². The van der Waals surface area contributed by atoms with E-state index >= 15 is 0 Å². The number of ketones is 1. The summed E-state index contributed by atoms with van der Waals surface area (Å²) in [6.45, 7) is 0.591. The summed E-state index contributed by atoms with van der Waals surface area (Å²) in [5, 5.41) is 13.5. The minimum atomic E-state index is -0.729. The first-order chi connectivity index (χ1) is 14.5. The molecule has 2 aliphatic rings. The van der Waals surface area contributed by atoms with Gasteiger partial charge in [0.1, 0.15) is 17.6 Å². The van der Waals surface area contributed by atoms with Gasteiger partial charge in [-0.2, -0.15) is 0 Å². The van der Waals surface area contributed by atoms with Crippen LogP contribution in [0.4, 0.5) is 5.69 Å². The summed E-state index contributed by atoms with van der Waals surface area (Å²) < 4.78 is 5.53. The van der Waals surface area contributed by atoms with Crippen LogP contribution in [0, 0.1) is 0 Å². The monoisotopic (exact) mass is 437 g/mol. The molecule has 2 aliphatic heterocycles. The van der Waals surface area contributed by atoms with E-state index in [2.05, 4.69) is 0 Å². The smallest absolute Gasteiger partial charge is 0.300 e. The van der Waals surface area contributed by atoms with E-state index < -0.39 is 17.7 Å². The molecule has 0 spiro atoms. The van der Waals surface area contributed by atoms with Crippen LogP contribution in [0.2, 0.25) is 5.02 Å². The Bertz CT molecular complexity index is 1200. The number of rotatable bonds is 3. The molecule has 7 heteroatoms. The average molecular weight is 438 g/mol. The van der Waals surface area contributed by atoms with Crippen LogP contribution in [-0.2, 0) is 16.0 Å². The van der Waals surface area contributed by atoms with Crippen molar-refractivity contribution in [1.29, 1.82) is 0 Å². The highest BCUT2D eigenvalue weighted by molar-refractivity contribution is 7.10. The molecule has 150 valence electrons. The van der Waals surface area contributed by atoms with Gasteiger partial charge in [-0.3, -0.25) is 14.5 Å². The Morgan fingerprint density at radius 2 is 2.00 bits per heavy atom. The largest absolute Gasteiger partial charge is 0.507 e. The van der Waals surface area contributed by atoms with E-state index in [1.165, 1.54) is 16.2 Å². The van der Waals surface area contributed by atoms with E-state index in [4.69, 9.17) is 16.3 Å². The van der Waals surface area contributed by atoms with Gasteiger partial charge in [0.05, 0.1) is 12.2 Å². The number of amides is 1. The number of benzene rings is 2. The lowest BCUT2D eigenvalue weighted by Gasteiger charge is -2.24. The van der Waals surface area contributed by atoms with Crippen molar-refractivity contribution in [3.8, 4) is 5.75 Å². The molecule has 1 aromatic heterocycles. The molecule has 5 nitrogen and oxygen atoms in total. The molecule has 1 atom stereocenters. The molecule has 0 bridgehead atoms. The fourth-order valence-corrected chi connectivity index (χ4v) is 4.94. The minimum absolute atomic E-state index is 0.0706. The Morgan fingerprint density at radius 3 is 2.77 bits per heavy atom. The predicted octanol–water partition coefficient (Wildman–Crippen LogP) is 4.96. The zero-order valence-electron chi connectivity index (χ0n) is 15.7. The highest BCUT2D eigenvalue weighted by Crippen LogP contribution is 2.44. The van der Waals surface area contributed by atoms with Gasteiger partial charge in [-0.15, -0.1) is 11.3 Å². The SMILES string of the molecule is O=C1C(=O)N(c2cccc(Cl)c2)C(c2cccs2)/C1=C(/O)c1ccc2c(c1)CCO2. The number of aliphatic hydroxyl groups is 1. The van der Waals surface area contributed by atoms with Crippen LogP contribution in [0.25, 0.3) is 5.76 Å². The van der Waals surface area contributed by atoms with Crippen LogP contribution in [0.1, 0.15) is 22.0 Å². The summed E-state index contributed by atoms with van der Waals surface area (Å²) in [7, 11) is 0. The second-order valence-electron chi connectivity index (χ2n) is 7.09. The number of hydrogen-bond donors (Lipinski definition) is 1. The van der Waals surface area contributed by atoms with E-state index in [1.54, 1.807) is 36.4 Å². The molecule has 2 aromatic carbocycles. The molecular weight excluding hydrogens is 422 g/mol. The van der Waals surface area contributed by atoms with E-state index in [0.29, 0.717) is 22.9 Å². The number of fused-ring (bicyclic) bond motifs is 1. The maximum atomic E-state index is 13.1. The first-order valence-electron chi connectivity index (χ1n) is 9.40. The molecule has 3 aromatic rings. The molecule has 1 unspecified atom stereocenters. The van der Waals surface area contributed by atoms with Crippen molar-refractivity contribution in [2.24, 2.45) is 0 Å². The maximum Gasteiger partial charge on any atom is 0.300 e.